The van der Waals surface area contributed by atoms with Gasteiger partial charge in [0.2, 0.25) is 5.91 Å². The van der Waals surface area contributed by atoms with Crippen LogP contribution in [0.2, 0.25) is 0 Å². The average Bonchev–Trinajstić information content (AvgIpc) is 2.27. The third-order valence-corrected chi connectivity index (χ3v) is 2.82. The second-order valence-corrected chi connectivity index (χ2v) is 4.42. The van der Waals surface area contributed by atoms with Gasteiger partial charge < -0.3 is 10.2 Å². The minimum atomic E-state index is -4.31. The van der Waals surface area contributed by atoms with Gasteiger partial charge in [-0.05, 0) is 25.8 Å². The Labute approximate surface area is 99.4 Å². The van der Waals surface area contributed by atoms with Gasteiger partial charge in [0.1, 0.15) is 6.54 Å². The smallest absolute Gasteiger partial charge is 0.333 e. The third kappa shape index (κ3) is 4.93. The van der Waals surface area contributed by atoms with Gasteiger partial charge in [-0.15, -0.1) is 0 Å². The predicted octanol–water partition coefficient (Wildman–Crippen LogP) is 1.79. The lowest BCUT2D eigenvalue weighted by Gasteiger charge is -2.30. The standard InChI is InChI=1S/C11H19F3N2O/c1-2-6-16(8-11(12,13)14)10(17)9-4-3-5-15-7-9/h9,15H,2-8H2,1H3/t9-/m0/s1. The molecular formula is C11H19F3N2O. The van der Waals surface area contributed by atoms with Crippen LogP contribution in [0.3, 0.4) is 0 Å². The summed E-state index contributed by atoms with van der Waals surface area (Å²) in [5, 5.41) is 3.05. The number of nitrogens with one attached hydrogen (secondary N) is 1. The Hall–Kier alpha value is -0.780. The molecule has 0 aliphatic carbocycles. The lowest BCUT2D eigenvalue weighted by Crippen LogP contribution is -2.46. The quantitative estimate of drug-likeness (QED) is 0.827. The molecule has 1 saturated heterocycles. The van der Waals surface area contributed by atoms with E-state index >= 15 is 0 Å². The maximum atomic E-state index is 12.3. The van der Waals surface area contributed by atoms with Crippen molar-refractivity contribution in [3.63, 3.8) is 0 Å². The van der Waals surface area contributed by atoms with E-state index in [1.54, 1.807) is 6.92 Å². The first kappa shape index (κ1) is 14.3. The lowest BCUT2D eigenvalue weighted by molar-refractivity contribution is -0.164. The summed E-state index contributed by atoms with van der Waals surface area (Å²) in [6, 6.07) is 0. The van der Waals surface area contributed by atoms with Gasteiger partial charge in [0.25, 0.3) is 0 Å². The second-order valence-electron chi connectivity index (χ2n) is 4.42. The number of rotatable bonds is 4. The summed E-state index contributed by atoms with van der Waals surface area (Å²) in [4.78, 5) is 12.9. The molecule has 1 N–H and O–H groups in total. The lowest BCUT2D eigenvalue weighted by atomic mass is 9.98. The highest BCUT2D eigenvalue weighted by atomic mass is 19.4. The highest BCUT2D eigenvalue weighted by Gasteiger charge is 2.35. The number of amides is 1. The van der Waals surface area contributed by atoms with Crippen LogP contribution in [0.5, 0.6) is 0 Å². The first-order valence-electron chi connectivity index (χ1n) is 6.00. The maximum Gasteiger partial charge on any atom is 0.406 e. The summed E-state index contributed by atoms with van der Waals surface area (Å²) in [6.45, 7) is 2.16. The summed E-state index contributed by atoms with van der Waals surface area (Å²) in [5.74, 6) is -0.658. The molecular weight excluding hydrogens is 233 g/mol. The second kappa shape index (κ2) is 6.23. The Kier molecular flexibility index (Phi) is 5.24. The van der Waals surface area contributed by atoms with Crippen molar-refractivity contribution in [2.75, 3.05) is 26.2 Å². The molecule has 1 aliphatic rings. The number of halogens is 3. The van der Waals surface area contributed by atoms with Gasteiger partial charge in [0, 0.05) is 13.1 Å². The molecule has 0 unspecified atom stereocenters. The van der Waals surface area contributed by atoms with E-state index in [-0.39, 0.29) is 18.4 Å². The normalized spacial score (nSPS) is 21.3. The highest BCUT2D eigenvalue weighted by molar-refractivity contribution is 5.79. The molecule has 0 bridgehead atoms. The summed E-state index contributed by atoms with van der Waals surface area (Å²) >= 11 is 0. The van der Waals surface area contributed by atoms with E-state index < -0.39 is 12.7 Å². The molecule has 0 radical (unpaired) electrons. The first-order valence-corrected chi connectivity index (χ1v) is 6.00. The van der Waals surface area contributed by atoms with Gasteiger partial charge in [-0.3, -0.25) is 4.79 Å². The molecule has 0 aromatic heterocycles. The highest BCUT2D eigenvalue weighted by Crippen LogP contribution is 2.20. The molecule has 1 aliphatic heterocycles. The number of carbonyl (C=O) groups excluding carboxylic acids is 1. The fraction of sp³-hybridized carbons (Fsp3) is 0.909. The maximum absolute atomic E-state index is 12.3. The molecule has 1 fully saturated rings. The molecule has 1 rings (SSSR count). The number of hydrogen-bond donors (Lipinski definition) is 1. The Morgan fingerprint density at radius 1 is 1.47 bits per heavy atom. The number of nitrogens with zero attached hydrogens (tertiary/aromatic N) is 1. The van der Waals surface area contributed by atoms with Crippen molar-refractivity contribution < 1.29 is 18.0 Å². The number of hydrogen-bond acceptors (Lipinski definition) is 2. The Bertz CT molecular complexity index is 250. The van der Waals surface area contributed by atoms with E-state index in [1.165, 1.54) is 0 Å². The van der Waals surface area contributed by atoms with E-state index in [4.69, 9.17) is 0 Å². The molecule has 0 saturated carbocycles. The van der Waals surface area contributed by atoms with Crippen LogP contribution in [-0.2, 0) is 4.79 Å². The average molecular weight is 252 g/mol. The van der Waals surface area contributed by atoms with Crippen LogP contribution in [0.4, 0.5) is 13.2 Å². The zero-order valence-corrected chi connectivity index (χ0v) is 10.0. The molecule has 0 aromatic carbocycles. The number of carbonyl (C=O) groups is 1. The molecule has 0 spiro atoms. The number of piperidine rings is 1. The zero-order valence-electron chi connectivity index (χ0n) is 10.0. The summed E-state index contributed by atoms with van der Waals surface area (Å²) in [5.41, 5.74) is 0. The molecule has 17 heavy (non-hydrogen) atoms. The van der Waals surface area contributed by atoms with Crippen LogP contribution < -0.4 is 5.32 Å². The van der Waals surface area contributed by atoms with Gasteiger partial charge in [0.15, 0.2) is 0 Å². The minimum absolute atomic E-state index is 0.175. The number of alkyl halides is 3. The predicted molar refractivity (Wildman–Crippen MR) is 58.5 cm³/mol. The van der Waals surface area contributed by atoms with Crippen LogP contribution in [0, 0.1) is 5.92 Å². The van der Waals surface area contributed by atoms with Crippen molar-refractivity contribution in [2.24, 2.45) is 5.92 Å². The van der Waals surface area contributed by atoms with Crippen molar-refractivity contribution in [3.05, 3.63) is 0 Å². The van der Waals surface area contributed by atoms with Crippen LogP contribution >= 0.6 is 0 Å². The minimum Gasteiger partial charge on any atom is -0.333 e. The fourth-order valence-corrected chi connectivity index (χ4v) is 2.07. The van der Waals surface area contributed by atoms with Crippen LogP contribution in [-0.4, -0.2) is 43.2 Å². The molecule has 100 valence electrons. The van der Waals surface area contributed by atoms with E-state index in [9.17, 15) is 18.0 Å². The Morgan fingerprint density at radius 3 is 2.65 bits per heavy atom. The Balaban J connectivity index is 2.58. The van der Waals surface area contributed by atoms with Crippen molar-refractivity contribution in [3.8, 4) is 0 Å². The fourth-order valence-electron chi connectivity index (χ4n) is 2.07. The molecule has 6 heteroatoms. The first-order chi connectivity index (χ1) is 7.94. The van der Waals surface area contributed by atoms with Gasteiger partial charge >= 0.3 is 6.18 Å². The molecule has 3 nitrogen and oxygen atoms in total. The van der Waals surface area contributed by atoms with Crippen molar-refractivity contribution >= 4 is 5.91 Å². The summed E-state index contributed by atoms with van der Waals surface area (Å²) < 4.78 is 37.0. The van der Waals surface area contributed by atoms with Gasteiger partial charge in [-0.25, -0.2) is 0 Å². The SMILES string of the molecule is CCCN(CC(F)(F)F)C(=O)[C@H]1CCCNC1. The largest absolute Gasteiger partial charge is 0.406 e. The third-order valence-electron chi connectivity index (χ3n) is 2.82. The molecule has 0 aromatic rings. The Morgan fingerprint density at radius 2 is 2.18 bits per heavy atom. The van der Waals surface area contributed by atoms with Crippen LogP contribution in [0.25, 0.3) is 0 Å². The molecule has 1 atom stereocenters. The van der Waals surface area contributed by atoms with E-state index in [0.29, 0.717) is 19.4 Å². The van der Waals surface area contributed by atoms with Crippen molar-refractivity contribution in [2.45, 2.75) is 32.4 Å². The van der Waals surface area contributed by atoms with Gasteiger partial charge in [-0.1, -0.05) is 6.92 Å². The van der Waals surface area contributed by atoms with E-state index in [0.717, 1.165) is 17.9 Å². The molecule has 1 heterocycles. The van der Waals surface area contributed by atoms with Gasteiger partial charge in [-0.2, -0.15) is 13.2 Å². The van der Waals surface area contributed by atoms with E-state index in [2.05, 4.69) is 5.32 Å². The monoisotopic (exact) mass is 252 g/mol. The topological polar surface area (TPSA) is 32.3 Å². The van der Waals surface area contributed by atoms with Crippen molar-refractivity contribution in [1.82, 2.24) is 10.2 Å². The van der Waals surface area contributed by atoms with Crippen LogP contribution in [0.15, 0.2) is 0 Å². The van der Waals surface area contributed by atoms with Gasteiger partial charge in [0.05, 0.1) is 5.92 Å². The molecule has 1 amide bonds. The summed E-state index contributed by atoms with van der Waals surface area (Å²) in [6.07, 6.45) is -2.23. The van der Waals surface area contributed by atoms with Crippen LogP contribution in [0.1, 0.15) is 26.2 Å². The van der Waals surface area contributed by atoms with E-state index in [1.807, 2.05) is 0 Å². The summed E-state index contributed by atoms with van der Waals surface area (Å²) in [7, 11) is 0. The zero-order chi connectivity index (χ0) is 12.9. The van der Waals surface area contributed by atoms with Crippen molar-refractivity contribution in [1.29, 1.82) is 0 Å².